The van der Waals surface area contributed by atoms with Gasteiger partial charge in [0.2, 0.25) is 4.77 Å². The van der Waals surface area contributed by atoms with Gasteiger partial charge in [0.25, 0.3) is 6.01 Å². The van der Waals surface area contributed by atoms with E-state index in [1.54, 1.807) is 0 Å². The first-order valence-corrected chi connectivity index (χ1v) is 5.89. The summed E-state index contributed by atoms with van der Waals surface area (Å²) in [5, 5.41) is 0. The molecule has 1 aromatic heterocycles. The molecule has 0 saturated heterocycles. The van der Waals surface area contributed by atoms with Crippen molar-refractivity contribution < 1.29 is 9.47 Å². The molecule has 18 heavy (non-hydrogen) atoms. The summed E-state index contributed by atoms with van der Waals surface area (Å²) in [6.45, 7) is 2.59. The maximum absolute atomic E-state index is 5.38. The summed E-state index contributed by atoms with van der Waals surface area (Å²) in [6, 6.07) is 7.91. The molecule has 6 heteroatoms. The molecule has 0 fully saturated rings. The summed E-state index contributed by atoms with van der Waals surface area (Å²) >= 11 is 4.97. The highest BCUT2D eigenvalue weighted by Crippen LogP contribution is 2.20. The van der Waals surface area contributed by atoms with Crippen LogP contribution in [-0.4, -0.2) is 28.7 Å². The third-order valence-electron chi connectivity index (χ3n) is 2.26. The molecular formula is C12H13N3O2S. The minimum Gasteiger partial charge on any atom is -0.494 e. The number of H-pyrrole nitrogens is 1. The van der Waals surface area contributed by atoms with E-state index in [2.05, 4.69) is 15.0 Å². The second-order valence-electron chi connectivity index (χ2n) is 3.45. The zero-order chi connectivity index (χ0) is 13.0. The third kappa shape index (κ3) is 2.84. The fraction of sp³-hybridized carbons (Fsp3) is 0.250. The topological polar surface area (TPSA) is 60.0 Å². The Labute approximate surface area is 110 Å². The monoisotopic (exact) mass is 263 g/mol. The van der Waals surface area contributed by atoms with Crippen molar-refractivity contribution in [2.24, 2.45) is 0 Å². The van der Waals surface area contributed by atoms with Crippen LogP contribution in [0.25, 0.3) is 11.4 Å². The smallest absolute Gasteiger partial charge is 0.297 e. The Morgan fingerprint density at radius 3 is 2.56 bits per heavy atom. The summed E-state index contributed by atoms with van der Waals surface area (Å²) in [5.74, 6) is 1.44. The van der Waals surface area contributed by atoms with Crippen LogP contribution in [0.3, 0.4) is 0 Å². The van der Waals surface area contributed by atoms with Gasteiger partial charge in [-0.25, -0.2) is 4.98 Å². The van der Waals surface area contributed by atoms with Gasteiger partial charge in [0.1, 0.15) is 11.6 Å². The fourth-order valence-corrected chi connectivity index (χ4v) is 1.65. The Hall–Kier alpha value is -1.95. The molecule has 0 radical (unpaired) electrons. The van der Waals surface area contributed by atoms with Crippen LogP contribution in [0.2, 0.25) is 0 Å². The van der Waals surface area contributed by atoms with Crippen molar-refractivity contribution in [1.82, 2.24) is 15.0 Å². The maximum Gasteiger partial charge on any atom is 0.297 e. The van der Waals surface area contributed by atoms with Gasteiger partial charge < -0.3 is 9.47 Å². The Morgan fingerprint density at radius 2 is 1.94 bits per heavy atom. The molecular weight excluding hydrogens is 250 g/mol. The van der Waals surface area contributed by atoms with Crippen LogP contribution in [-0.2, 0) is 0 Å². The van der Waals surface area contributed by atoms with E-state index in [0.717, 1.165) is 11.3 Å². The van der Waals surface area contributed by atoms with Gasteiger partial charge in [0, 0.05) is 5.56 Å². The van der Waals surface area contributed by atoms with Crippen molar-refractivity contribution in [2.75, 3.05) is 13.7 Å². The molecule has 0 bridgehead atoms. The molecule has 5 nitrogen and oxygen atoms in total. The van der Waals surface area contributed by atoms with Crippen molar-refractivity contribution in [3.05, 3.63) is 29.0 Å². The minimum atomic E-state index is 0.245. The molecule has 94 valence electrons. The number of hydrogen-bond donors (Lipinski definition) is 1. The molecule has 1 N–H and O–H groups in total. The summed E-state index contributed by atoms with van der Waals surface area (Å²) < 4.78 is 10.6. The van der Waals surface area contributed by atoms with Crippen molar-refractivity contribution in [3.8, 4) is 23.1 Å². The van der Waals surface area contributed by atoms with Gasteiger partial charge in [0.05, 0.1) is 13.7 Å². The molecule has 2 aromatic rings. The van der Waals surface area contributed by atoms with Gasteiger partial charge in [-0.1, -0.05) is 0 Å². The lowest BCUT2D eigenvalue weighted by Crippen LogP contribution is -1.98. The van der Waals surface area contributed by atoms with E-state index in [9.17, 15) is 0 Å². The van der Waals surface area contributed by atoms with Crippen LogP contribution in [0.5, 0.6) is 11.8 Å². The van der Waals surface area contributed by atoms with Gasteiger partial charge in [-0.05, 0) is 43.4 Å². The lowest BCUT2D eigenvalue weighted by atomic mass is 10.2. The van der Waals surface area contributed by atoms with Gasteiger partial charge in [0.15, 0.2) is 0 Å². The number of methoxy groups -OCH3 is 1. The van der Waals surface area contributed by atoms with Gasteiger partial charge in [-0.3, -0.25) is 4.98 Å². The Morgan fingerprint density at radius 1 is 1.22 bits per heavy atom. The zero-order valence-corrected chi connectivity index (χ0v) is 11.0. The summed E-state index contributed by atoms with van der Waals surface area (Å²) in [7, 11) is 1.52. The average molecular weight is 263 g/mol. The van der Waals surface area contributed by atoms with Crippen LogP contribution in [0.4, 0.5) is 0 Å². The van der Waals surface area contributed by atoms with Crippen LogP contribution in [0.15, 0.2) is 24.3 Å². The van der Waals surface area contributed by atoms with Gasteiger partial charge in [-0.15, -0.1) is 0 Å². The second kappa shape index (κ2) is 5.59. The molecule has 0 aliphatic carbocycles. The standard InChI is InChI=1S/C12H13N3O2S/c1-3-17-9-6-4-8(5-7-9)10-13-11(16-2)15-12(18)14-10/h4-7H,3H2,1-2H3,(H,13,14,15,18). The van der Waals surface area contributed by atoms with Crippen LogP contribution in [0, 0.1) is 4.77 Å². The normalized spacial score (nSPS) is 10.1. The third-order valence-corrected chi connectivity index (χ3v) is 2.44. The SMILES string of the molecule is CCOc1ccc(-c2nc(=S)nc(OC)[nH]2)cc1. The molecule has 0 atom stereocenters. The van der Waals surface area contributed by atoms with Crippen LogP contribution >= 0.6 is 12.2 Å². The minimum absolute atomic E-state index is 0.245. The number of ether oxygens (including phenoxy) is 2. The molecule has 0 aliphatic rings. The number of nitrogens with one attached hydrogen (secondary N) is 1. The highest BCUT2D eigenvalue weighted by Gasteiger charge is 2.04. The number of aromatic nitrogens is 3. The Balaban J connectivity index is 2.36. The van der Waals surface area contributed by atoms with Crippen molar-refractivity contribution in [3.63, 3.8) is 0 Å². The lowest BCUT2D eigenvalue weighted by Gasteiger charge is -2.05. The predicted octanol–water partition coefficient (Wildman–Crippen LogP) is 2.61. The van der Waals surface area contributed by atoms with E-state index in [1.807, 2.05) is 31.2 Å². The molecule has 0 amide bonds. The van der Waals surface area contributed by atoms with E-state index in [1.165, 1.54) is 7.11 Å². The highest BCUT2D eigenvalue weighted by molar-refractivity contribution is 7.71. The molecule has 0 saturated carbocycles. The first-order valence-electron chi connectivity index (χ1n) is 5.48. The van der Waals surface area contributed by atoms with Crippen LogP contribution < -0.4 is 9.47 Å². The second-order valence-corrected chi connectivity index (χ2v) is 3.81. The number of benzene rings is 1. The van der Waals surface area contributed by atoms with E-state index in [-0.39, 0.29) is 4.77 Å². The fourth-order valence-electron chi connectivity index (χ4n) is 1.47. The summed E-state index contributed by atoms with van der Waals surface area (Å²) in [6.07, 6.45) is 0. The molecule has 2 rings (SSSR count). The average Bonchev–Trinajstić information content (AvgIpc) is 2.39. The van der Waals surface area contributed by atoms with Gasteiger partial charge in [-0.2, -0.15) is 4.98 Å². The lowest BCUT2D eigenvalue weighted by molar-refractivity contribution is 0.340. The number of nitrogens with zero attached hydrogens (tertiary/aromatic N) is 2. The molecule has 0 spiro atoms. The molecule has 0 aliphatic heterocycles. The predicted molar refractivity (Wildman–Crippen MR) is 70.4 cm³/mol. The Kier molecular flexibility index (Phi) is 3.88. The van der Waals surface area contributed by atoms with Crippen molar-refractivity contribution in [2.45, 2.75) is 6.92 Å². The first-order chi connectivity index (χ1) is 8.72. The largest absolute Gasteiger partial charge is 0.494 e. The molecule has 1 heterocycles. The van der Waals surface area contributed by atoms with E-state index < -0.39 is 0 Å². The number of aromatic amines is 1. The van der Waals surface area contributed by atoms with Gasteiger partial charge >= 0.3 is 0 Å². The van der Waals surface area contributed by atoms with Crippen molar-refractivity contribution >= 4 is 12.2 Å². The molecule has 1 aromatic carbocycles. The maximum atomic E-state index is 5.38. The first kappa shape index (κ1) is 12.5. The highest BCUT2D eigenvalue weighted by atomic mass is 32.1. The number of rotatable bonds is 4. The van der Waals surface area contributed by atoms with E-state index in [0.29, 0.717) is 18.4 Å². The van der Waals surface area contributed by atoms with E-state index >= 15 is 0 Å². The number of hydrogen-bond acceptors (Lipinski definition) is 5. The van der Waals surface area contributed by atoms with Crippen LogP contribution in [0.1, 0.15) is 6.92 Å². The molecule has 0 unspecified atom stereocenters. The summed E-state index contributed by atoms with van der Waals surface area (Å²) in [4.78, 5) is 11.0. The quantitative estimate of drug-likeness (QED) is 0.859. The Bertz CT molecular complexity index is 581. The van der Waals surface area contributed by atoms with Crippen molar-refractivity contribution in [1.29, 1.82) is 0 Å². The van der Waals surface area contributed by atoms with E-state index in [4.69, 9.17) is 21.7 Å². The zero-order valence-electron chi connectivity index (χ0n) is 10.1. The summed E-state index contributed by atoms with van der Waals surface area (Å²) in [5.41, 5.74) is 0.894.